The van der Waals surface area contributed by atoms with E-state index in [4.69, 9.17) is 5.11 Å². The highest BCUT2D eigenvalue weighted by atomic mass is 16.3. The van der Waals surface area contributed by atoms with Gasteiger partial charge in [0.15, 0.2) is 0 Å². The lowest BCUT2D eigenvalue weighted by molar-refractivity contribution is 0.0940. The first kappa shape index (κ1) is 13.9. The molecule has 8 nitrogen and oxygen atoms in total. The number of rotatable bonds is 3. The van der Waals surface area contributed by atoms with Crippen LogP contribution in [0.1, 0.15) is 10.5 Å². The summed E-state index contributed by atoms with van der Waals surface area (Å²) in [4.78, 5) is 39.5. The fraction of sp³-hybridized carbons (Fsp3) is 0.333. The smallest absolute Gasteiger partial charge is 0.332 e. The van der Waals surface area contributed by atoms with Crippen LogP contribution in [0.3, 0.4) is 0 Å². The molecule has 0 saturated carbocycles. The third kappa shape index (κ3) is 2.21. The molecule has 1 amide bonds. The Morgan fingerprint density at radius 2 is 2.00 bits per heavy atom. The highest BCUT2D eigenvalue weighted by molar-refractivity contribution is 5.94. The van der Waals surface area contributed by atoms with E-state index in [2.05, 4.69) is 10.3 Å². The minimum absolute atomic E-state index is 0.0780. The molecule has 0 atom stereocenters. The average molecular weight is 278 g/mol. The van der Waals surface area contributed by atoms with E-state index >= 15 is 0 Å². The molecule has 106 valence electrons. The van der Waals surface area contributed by atoms with Crippen LogP contribution < -0.4 is 16.6 Å². The summed E-state index contributed by atoms with van der Waals surface area (Å²) in [6.07, 6.45) is 0. The molecule has 0 aliphatic carbocycles. The second kappa shape index (κ2) is 5.25. The van der Waals surface area contributed by atoms with Crippen LogP contribution in [0, 0.1) is 0 Å². The van der Waals surface area contributed by atoms with Crippen molar-refractivity contribution in [3.63, 3.8) is 0 Å². The highest BCUT2D eigenvalue weighted by Crippen LogP contribution is 2.06. The summed E-state index contributed by atoms with van der Waals surface area (Å²) < 4.78 is 2.19. The molecule has 2 heterocycles. The minimum atomic E-state index is -0.511. The van der Waals surface area contributed by atoms with E-state index in [1.807, 2.05) is 0 Å². The Labute approximate surface area is 113 Å². The molecule has 20 heavy (non-hydrogen) atoms. The molecule has 2 aromatic rings. The van der Waals surface area contributed by atoms with Gasteiger partial charge in [0.1, 0.15) is 11.3 Å². The molecule has 0 spiro atoms. The van der Waals surface area contributed by atoms with Crippen LogP contribution in [-0.4, -0.2) is 38.3 Å². The van der Waals surface area contributed by atoms with Gasteiger partial charge in [-0.15, -0.1) is 0 Å². The molecule has 0 bridgehead atoms. The number of carbonyl (C=O) groups is 1. The topological polar surface area (TPSA) is 106 Å². The van der Waals surface area contributed by atoms with Crippen molar-refractivity contribution in [1.82, 2.24) is 19.4 Å². The molecule has 2 aromatic heterocycles. The van der Waals surface area contributed by atoms with Crippen LogP contribution in [0.5, 0.6) is 0 Å². The molecule has 0 aliphatic heterocycles. The Bertz CT molecular complexity index is 790. The van der Waals surface area contributed by atoms with E-state index in [0.717, 1.165) is 4.57 Å². The van der Waals surface area contributed by atoms with E-state index in [9.17, 15) is 14.4 Å². The number of hydrogen-bond acceptors (Lipinski definition) is 5. The van der Waals surface area contributed by atoms with Crippen LogP contribution in [0.25, 0.3) is 11.0 Å². The second-order valence-electron chi connectivity index (χ2n) is 4.25. The van der Waals surface area contributed by atoms with Gasteiger partial charge < -0.3 is 10.4 Å². The number of hydrogen-bond donors (Lipinski definition) is 2. The van der Waals surface area contributed by atoms with Crippen LogP contribution in [0.15, 0.2) is 21.7 Å². The monoisotopic (exact) mass is 278 g/mol. The molecule has 8 heteroatoms. The standard InChI is InChI=1S/C12H14N4O4/c1-15-9-7(11(19)16(2)12(15)20)3-4-8(14-9)10(18)13-5-6-17/h3-4,17H,5-6H2,1-2H3,(H,13,18). The van der Waals surface area contributed by atoms with Gasteiger partial charge in [0.25, 0.3) is 11.5 Å². The summed E-state index contributed by atoms with van der Waals surface area (Å²) >= 11 is 0. The van der Waals surface area contributed by atoms with Crippen molar-refractivity contribution < 1.29 is 9.90 Å². The largest absolute Gasteiger partial charge is 0.395 e. The number of nitrogens with zero attached hydrogens (tertiary/aromatic N) is 3. The number of aliphatic hydroxyl groups is 1. The Hall–Kier alpha value is -2.48. The predicted molar refractivity (Wildman–Crippen MR) is 71.6 cm³/mol. The van der Waals surface area contributed by atoms with Gasteiger partial charge in [0.2, 0.25) is 0 Å². The molecule has 0 aliphatic rings. The van der Waals surface area contributed by atoms with Gasteiger partial charge in [-0.2, -0.15) is 0 Å². The molecule has 0 fully saturated rings. The lowest BCUT2D eigenvalue weighted by Crippen LogP contribution is -2.37. The number of pyridine rings is 1. The van der Waals surface area contributed by atoms with Crippen LogP contribution in [0.4, 0.5) is 0 Å². The third-order valence-corrected chi connectivity index (χ3v) is 2.93. The van der Waals surface area contributed by atoms with Gasteiger partial charge in [-0.05, 0) is 12.1 Å². The molecule has 2 rings (SSSR count). The quantitative estimate of drug-likeness (QED) is 0.700. The second-order valence-corrected chi connectivity index (χ2v) is 4.25. The summed E-state index contributed by atoms with van der Waals surface area (Å²) in [6, 6.07) is 2.86. The zero-order valence-electron chi connectivity index (χ0n) is 11.1. The molecule has 0 unspecified atom stereocenters. The maximum atomic E-state index is 11.9. The van der Waals surface area contributed by atoms with Gasteiger partial charge >= 0.3 is 5.69 Å². The maximum Gasteiger partial charge on any atom is 0.332 e. The molecular weight excluding hydrogens is 264 g/mol. The fourth-order valence-electron chi connectivity index (χ4n) is 1.84. The fourth-order valence-corrected chi connectivity index (χ4v) is 1.84. The lowest BCUT2D eigenvalue weighted by Gasteiger charge is -2.08. The Morgan fingerprint density at radius 3 is 2.65 bits per heavy atom. The third-order valence-electron chi connectivity index (χ3n) is 2.93. The number of amides is 1. The van der Waals surface area contributed by atoms with E-state index in [-0.39, 0.29) is 29.9 Å². The van der Waals surface area contributed by atoms with Crippen molar-refractivity contribution in [3.8, 4) is 0 Å². The van der Waals surface area contributed by atoms with E-state index in [0.29, 0.717) is 0 Å². The average Bonchev–Trinajstić information content (AvgIpc) is 2.47. The van der Waals surface area contributed by atoms with Crippen molar-refractivity contribution in [2.45, 2.75) is 0 Å². The zero-order chi connectivity index (χ0) is 14.9. The van der Waals surface area contributed by atoms with Crippen molar-refractivity contribution in [2.75, 3.05) is 13.2 Å². The Kier molecular flexibility index (Phi) is 3.66. The summed E-state index contributed by atoms with van der Waals surface area (Å²) in [5.41, 5.74) is -0.746. The Morgan fingerprint density at radius 1 is 1.30 bits per heavy atom. The van der Waals surface area contributed by atoms with Crippen LogP contribution in [-0.2, 0) is 14.1 Å². The highest BCUT2D eigenvalue weighted by Gasteiger charge is 2.13. The van der Waals surface area contributed by atoms with E-state index in [1.165, 1.54) is 30.8 Å². The minimum Gasteiger partial charge on any atom is -0.395 e. The van der Waals surface area contributed by atoms with Gasteiger partial charge in [0, 0.05) is 20.6 Å². The summed E-state index contributed by atoms with van der Waals surface area (Å²) in [5.74, 6) is -0.478. The van der Waals surface area contributed by atoms with E-state index in [1.54, 1.807) is 0 Å². The SMILES string of the molecule is Cn1c(=O)c2ccc(C(=O)NCCO)nc2n(C)c1=O. The molecular formula is C12H14N4O4. The van der Waals surface area contributed by atoms with Crippen LogP contribution in [0.2, 0.25) is 0 Å². The maximum absolute atomic E-state index is 11.9. The van der Waals surface area contributed by atoms with E-state index < -0.39 is 17.2 Å². The van der Waals surface area contributed by atoms with Crippen molar-refractivity contribution >= 4 is 16.9 Å². The van der Waals surface area contributed by atoms with Gasteiger partial charge in [-0.1, -0.05) is 0 Å². The Balaban J connectivity index is 2.63. The molecule has 2 N–H and O–H groups in total. The predicted octanol–water partition coefficient (Wildman–Crippen LogP) is -1.65. The summed E-state index contributed by atoms with van der Waals surface area (Å²) in [5, 5.41) is 11.4. The number of aryl methyl sites for hydroxylation is 1. The molecule has 0 aromatic carbocycles. The van der Waals surface area contributed by atoms with Crippen molar-refractivity contribution in [3.05, 3.63) is 38.7 Å². The number of carbonyl (C=O) groups excluding carboxylic acids is 1. The van der Waals surface area contributed by atoms with Gasteiger partial charge in [-0.3, -0.25) is 18.7 Å². The number of fused-ring (bicyclic) bond motifs is 1. The normalized spacial score (nSPS) is 10.8. The van der Waals surface area contributed by atoms with Gasteiger partial charge in [0.05, 0.1) is 12.0 Å². The lowest BCUT2D eigenvalue weighted by atomic mass is 10.2. The summed E-state index contributed by atoms with van der Waals surface area (Å²) in [6.45, 7) is -0.0770. The van der Waals surface area contributed by atoms with Gasteiger partial charge in [-0.25, -0.2) is 9.78 Å². The first-order chi connectivity index (χ1) is 9.47. The first-order valence-corrected chi connectivity index (χ1v) is 5.93. The summed E-state index contributed by atoms with van der Waals surface area (Å²) in [7, 11) is 2.86. The number of aliphatic hydroxyl groups excluding tert-OH is 1. The van der Waals surface area contributed by atoms with Crippen molar-refractivity contribution in [1.29, 1.82) is 0 Å². The molecule has 0 saturated heterocycles. The zero-order valence-corrected chi connectivity index (χ0v) is 11.1. The molecule has 0 radical (unpaired) electrons. The van der Waals surface area contributed by atoms with Crippen molar-refractivity contribution in [2.24, 2.45) is 14.1 Å². The number of aromatic nitrogens is 3. The first-order valence-electron chi connectivity index (χ1n) is 5.93. The number of nitrogens with one attached hydrogen (secondary N) is 1. The van der Waals surface area contributed by atoms with Crippen LogP contribution >= 0.6 is 0 Å².